The SMILES string of the molecule is CCCn1c(C)nnc1SCC(=O)NCc1ccc(Cl)cc1. The lowest BCUT2D eigenvalue weighted by Crippen LogP contribution is -2.24. The standard InChI is InChI=1S/C15H19ClN4OS/c1-3-8-20-11(2)18-19-15(20)22-10-14(21)17-9-12-4-6-13(16)7-5-12/h4-7H,3,8-10H2,1-2H3,(H,17,21). The first-order valence-corrected chi connectivity index (χ1v) is 8.50. The summed E-state index contributed by atoms with van der Waals surface area (Å²) in [6.07, 6.45) is 1.01. The molecule has 0 aliphatic heterocycles. The number of halogens is 1. The average Bonchev–Trinajstić information content (AvgIpc) is 2.86. The van der Waals surface area contributed by atoms with Gasteiger partial charge in [0.15, 0.2) is 5.16 Å². The summed E-state index contributed by atoms with van der Waals surface area (Å²) in [5, 5.41) is 12.5. The molecular formula is C15H19ClN4OS. The van der Waals surface area contributed by atoms with Crippen molar-refractivity contribution < 1.29 is 4.79 Å². The zero-order valence-corrected chi connectivity index (χ0v) is 14.2. The molecule has 1 amide bonds. The maximum atomic E-state index is 11.9. The van der Waals surface area contributed by atoms with Gasteiger partial charge in [0.25, 0.3) is 0 Å². The van der Waals surface area contributed by atoms with E-state index in [2.05, 4.69) is 22.4 Å². The van der Waals surface area contributed by atoms with Crippen molar-refractivity contribution in [2.45, 2.75) is 38.5 Å². The lowest BCUT2D eigenvalue weighted by atomic mass is 10.2. The zero-order valence-electron chi connectivity index (χ0n) is 12.7. The van der Waals surface area contributed by atoms with Gasteiger partial charge in [-0.15, -0.1) is 10.2 Å². The second-order valence-electron chi connectivity index (χ2n) is 4.87. The number of nitrogens with one attached hydrogen (secondary N) is 1. The first-order valence-electron chi connectivity index (χ1n) is 7.14. The average molecular weight is 339 g/mol. The van der Waals surface area contributed by atoms with Crippen molar-refractivity contribution in [2.75, 3.05) is 5.75 Å². The largest absolute Gasteiger partial charge is 0.351 e. The lowest BCUT2D eigenvalue weighted by molar-refractivity contribution is -0.118. The Balaban J connectivity index is 1.81. The van der Waals surface area contributed by atoms with Gasteiger partial charge in [-0.2, -0.15) is 0 Å². The third kappa shape index (κ3) is 4.74. The fourth-order valence-corrected chi connectivity index (χ4v) is 2.90. The van der Waals surface area contributed by atoms with E-state index in [9.17, 15) is 4.79 Å². The Morgan fingerprint density at radius 2 is 2.05 bits per heavy atom. The Morgan fingerprint density at radius 3 is 2.73 bits per heavy atom. The van der Waals surface area contributed by atoms with E-state index in [4.69, 9.17) is 11.6 Å². The van der Waals surface area contributed by atoms with Crippen LogP contribution in [0.3, 0.4) is 0 Å². The fraction of sp³-hybridized carbons (Fsp3) is 0.400. The highest BCUT2D eigenvalue weighted by atomic mass is 35.5. The molecule has 1 N–H and O–H groups in total. The van der Waals surface area contributed by atoms with Crippen LogP contribution in [0, 0.1) is 6.92 Å². The maximum Gasteiger partial charge on any atom is 0.230 e. The molecule has 1 aromatic carbocycles. The Bertz CT molecular complexity index is 627. The van der Waals surface area contributed by atoms with Gasteiger partial charge in [0, 0.05) is 18.1 Å². The minimum absolute atomic E-state index is 0.0244. The molecule has 118 valence electrons. The van der Waals surface area contributed by atoms with Crippen LogP contribution in [-0.2, 0) is 17.9 Å². The first kappa shape index (κ1) is 16.8. The van der Waals surface area contributed by atoms with Crippen LogP contribution in [0.25, 0.3) is 0 Å². The number of benzene rings is 1. The highest BCUT2D eigenvalue weighted by Gasteiger charge is 2.11. The van der Waals surface area contributed by atoms with Crippen LogP contribution in [0.15, 0.2) is 29.4 Å². The lowest BCUT2D eigenvalue weighted by Gasteiger charge is -2.07. The predicted octanol–water partition coefficient (Wildman–Crippen LogP) is 3.06. The molecule has 0 fully saturated rings. The highest BCUT2D eigenvalue weighted by molar-refractivity contribution is 7.99. The summed E-state index contributed by atoms with van der Waals surface area (Å²) in [7, 11) is 0. The molecule has 0 spiro atoms. The zero-order chi connectivity index (χ0) is 15.9. The quantitative estimate of drug-likeness (QED) is 0.788. The number of carbonyl (C=O) groups is 1. The molecule has 0 bridgehead atoms. The van der Waals surface area contributed by atoms with E-state index in [1.165, 1.54) is 11.8 Å². The summed E-state index contributed by atoms with van der Waals surface area (Å²) in [5.74, 6) is 1.18. The van der Waals surface area contributed by atoms with E-state index in [-0.39, 0.29) is 5.91 Å². The molecule has 0 unspecified atom stereocenters. The van der Waals surface area contributed by atoms with Gasteiger partial charge in [-0.1, -0.05) is 42.4 Å². The molecule has 0 saturated heterocycles. The van der Waals surface area contributed by atoms with Crippen molar-refractivity contribution in [3.8, 4) is 0 Å². The number of hydrogen-bond donors (Lipinski definition) is 1. The Labute approximate surface area is 139 Å². The van der Waals surface area contributed by atoms with E-state index in [1.54, 1.807) is 0 Å². The minimum Gasteiger partial charge on any atom is -0.351 e. The van der Waals surface area contributed by atoms with Gasteiger partial charge in [0.1, 0.15) is 5.82 Å². The first-order chi connectivity index (χ1) is 10.6. The maximum absolute atomic E-state index is 11.9. The number of thioether (sulfide) groups is 1. The topological polar surface area (TPSA) is 59.8 Å². The van der Waals surface area contributed by atoms with E-state index < -0.39 is 0 Å². The molecular weight excluding hydrogens is 320 g/mol. The smallest absolute Gasteiger partial charge is 0.230 e. The van der Waals surface area contributed by atoms with Crippen molar-refractivity contribution in [1.82, 2.24) is 20.1 Å². The number of hydrogen-bond acceptors (Lipinski definition) is 4. The van der Waals surface area contributed by atoms with Crippen LogP contribution in [0.4, 0.5) is 0 Å². The number of rotatable bonds is 7. The summed E-state index contributed by atoms with van der Waals surface area (Å²) < 4.78 is 2.04. The summed E-state index contributed by atoms with van der Waals surface area (Å²) >= 11 is 7.24. The summed E-state index contributed by atoms with van der Waals surface area (Å²) in [4.78, 5) is 11.9. The number of nitrogens with zero attached hydrogens (tertiary/aromatic N) is 3. The van der Waals surface area contributed by atoms with E-state index in [1.807, 2.05) is 35.8 Å². The van der Waals surface area contributed by atoms with Gasteiger partial charge >= 0.3 is 0 Å². The van der Waals surface area contributed by atoms with E-state index in [0.717, 1.165) is 29.5 Å². The van der Waals surface area contributed by atoms with Crippen molar-refractivity contribution in [3.05, 3.63) is 40.7 Å². The molecule has 0 radical (unpaired) electrons. The van der Waals surface area contributed by atoms with Gasteiger partial charge in [-0.25, -0.2) is 0 Å². The molecule has 2 rings (SSSR count). The predicted molar refractivity (Wildman–Crippen MR) is 89.1 cm³/mol. The van der Waals surface area contributed by atoms with Crippen molar-refractivity contribution in [2.24, 2.45) is 0 Å². The molecule has 2 aromatic rings. The van der Waals surface area contributed by atoms with Gasteiger partial charge in [0.2, 0.25) is 5.91 Å². The summed E-state index contributed by atoms with van der Waals surface area (Å²) in [5.41, 5.74) is 1.02. The van der Waals surface area contributed by atoms with Crippen LogP contribution in [0.2, 0.25) is 5.02 Å². The van der Waals surface area contributed by atoms with Crippen LogP contribution in [0.1, 0.15) is 24.7 Å². The van der Waals surface area contributed by atoms with Gasteiger partial charge in [-0.05, 0) is 31.0 Å². The third-order valence-corrected chi connectivity index (χ3v) is 4.30. The number of amides is 1. The Kier molecular flexibility index (Phi) is 6.27. The molecule has 0 aliphatic carbocycles. The van der Waals surface area contributed by atoms with Gasteiger partial charge < -0.3 is 9.88 Å². The molecule has 1 aromatic heterocycles. The van der Waals surface area contributed by atoms with E-state index in [0.29, 0.717) is 17.3 Å². The normalized spacial score (nSPS) is 10.7. The molecule has 0 atom stereocenters. The number of aromatic nitrogens is 3. The van der Waals surface area contributed by atoms with Crippen LogP contribution < -0.4 is 5.32 Å². The molecule has 0 saturated carbocycles. The summed E-state index contributed by atoms with van der Waals surface area (Å²) in [6.45, 7) is 5.39. The minimum atomic E-state index is -0.0244. The molecule has 7 heteroatoms. The van der Waals surface area contributed by atoms with Crippen LogP contribution >= 0.6 is 23.4 Å². The van der Waals surface area contributed by atoms with Crippen molar-refractivity contribution in [1.29, 1.82) is 0 Å². The fourth-order valence-electron chi connectivity index (χ4n) is 1.93. The Hall–Kier alpha value is -1.53. The van der Waals surface area contributed by atoms with Crippen LogP contribution in [0.5, 0.6) is 0 Å². The monoisotopic (exact) mass is 338 g/mol. The second-order valence-corrected chi connectivity index (χ2v) is 6.25. The Morgan fingerprint density at radius 1 is 1.32 bits per heavy atom. The van der Waals surface area contributed by atoms with Crippen molar-refractivity contribution in [3.63, 3.8) is 0 Å². The van der Waals surface area contributed by atoms with Crippen LogP contribution in [-0.4, -0.2) is 26.4 Å². The molecule has 0 aliphatic rings. The van der Waals surface area contributed by atoms with E-state index >= 15 is 0 Å². The number of carbonyl (C=O) groups excluding carboxylic acids is 1. The van der Waals surface area contributed by atoms with Crippen molar-refractivity contribution >= 4 is 29.3 Å². The third-order valence-electron chi connectivity index (χ3n) is 3.08. The molecule has 22 heavy (non-hydrogen) atoms. The van der Waals surface area contributed by atoms with Gasteiger partial charge in [0.05, 0.1) is 5.75 Å². The van der Waals surface area contributed by atoms with Gasteiger partial charge in [-0.3, -0.25) is 4.79 Å². The highest BCUT2D eigenvalue weighted by Crippen LogP contribution is 2.17. The molecule has 5 nitrogen and oxygen atoms in total. The summed E-state index contributed by atoms with van der Waals surface area (Å²) in [6, 6.07) is 7.43. The number of aryl methyl sites for hydroxylation is 1. The molecule has 1 heterocycles. The second kappa shape index (κ2) is 8.19.